The highest BCUT2D eigenvalue weighted by atomic mass is 16.5. The number of hydrogen-bond donors (Lipinski definition) is 1. The number of likely N-dealkylation sites (N-methyl/N-ethyl adjacent to an activating group) is 1. The number of nitrogens with zero attached hydrogens (tertiary/aromatic N) is 1. The van der Waals surface area contributed by atoms with Crippen molar-refractivity contribution in [3.05, 3.63) is 29.8 Å². The zero-order chi connectivity index (χ0) is 13.7. The predicted octanol–water partition coefficient (Wildman–Crippen LogP) is 1.84. The zero-order valence-electron chi connectivity index (χ0n) is 11.7. The summed E-state index contributed by atoms with van der Waals surface area (Å²) in [6.45, 7) is 8.15. The van der Waals surface area contributed by atoms with Gasteiger partial charge in [0.25, 0.3) is 0 Å². The number of morpholine rings is 1. The molecule has 19 heavy (non-hydrogen) atoms. The van der Waals surface area contributed by atoms with Crippen LogP contribution in [0.25, 0.3) is 0 Å². The third kappa shape index (κ3) is 3.69. The van der Waals surface area contributed by atoms with E-state index in [2.05, 4.69) is 11.8 Å². The third-order valence-electron chi connectivity index (χ3n) is 3.51. The van der Waals surface area contributed by atoms with Crippen molar-refractivity contribution in [2.75, 3.05) is 32.8 Å². The summed E-state index contributed by atoms with van der Waals surface area (Å²) in [5.41, 5.74) is 0.881. The van der Waals surface area contributed by atoms with Gasteiger partial charge in [-0.1, -0.05) is 19.1 Å². The van der Waals surface area contributed by atoms with Crippen LogP contribution in [0, 0.1) is 0 Å². The Balaban J connectivity index is 1.99. The van der Waals surface area contributed by atoms with Crippen LogP contribution in [-0.4, -0.2) is 49.0 Å². The highest BCUT2D eigenvalue weighted by Gasteiger charge is 2.27. The van der Waals surface area contributed by atoms with Crippen molar-refractivity contribution in [2.45, 2.75) is 26.1 Å². The van der Waals surface area contributed by atoms with Crippen LogP contribution in [0.3, 0.4) is 0 Å². The second-order valence-electron chi connectivity index (χ2n) is 4.75. The number of hydrogen-bond acceptors (Lipinski definition) is 4. The van der Waals surface area contributed by atoms with Gasteiger partial charge in [0.05, 0.1) is 13.2 Å². The van der Waals surface area contributed by atoms with Gasteiger partial charge in [0.2, 0.25) is 0 Å². The summed E-state index contributed by atoms with van der Waals surface area (Å²) < 4.78 is 11.1. The Kier molecular flexibility index (Phi) is 5.19. The fraction of sp³-hybridized carbons (Fsp3) is 0.600. The SMILES string of the molecule is CCOc1ccc(C(O)C2CN(CC)CCO2)cc1. The van der Waals surface area contributed by atoms with E-state index in [4.69, 9.17) is 9.47 Å². The van der Waals surface area contributed by atoms with Crippen molar-refractivity contribution in [1.82, 2.24) is 4.90 Å². The van der Waals surface area contributed by atoms with Crippen LogP contribution in [0.15, 0.2) is 24.3 Å². The van der Waals surface area contributed by atoms with Gasteiger partial charge in [-0.15, -0.1) is 0 Å². The molecule has 1 aliphatic heterocycles. The molecule has 1 aliphatic rings. The lowest BCUT2D eigenvalue weighted by Crippen LogP contribution is -2.44. The Labute approximate surface area is 114 Å². The molecule has 0 aromatic heterocycles. The van der Waals surface area contributed by atoms with Crippen LogP contribution in [0.1, 0.15) is 25.5 Å². The van der Waals surface area contributed by atoms with Crippen molar-refractivity contribution in [3.63, 3.8) is 0 Å². The predicted molar refractivity (Wildman–Crippen MR) is 74.4 cm³/mol. The number of rotatable bonds is 5. The lowest BCUT2D eigenvalue weighted by Gasteiger charge is -2.34. The summed E-state index contributed by atoms with van der Waals surface area (Å²) >= 11 is 0. The monoisotopic (exact) mass is 265 g/mol. The van der Waals surface area contributed by atoms with Gasteiger partial charge in [0, 0.05) is 13.1 Å². The van der Waals surface area contributed by atoms with E-state index < -0.39 is 6.10 Å². The molecular formula is C15H23NO3. The van der Waals surface area contributed by atoms with Crippen molar-refractivity contribution in [1.29, 1.82) is 0 Å². The Hall–Kier alpha value is -1.10. The average molecular weight is 265 g/mol. The standard InChI is InChI=1S/C15H23NO3/c1-3-16-9-10-19-14(11-16)15(17)12-5-7-13(8-6-12)18-4-2/h5-8,14-15,17H,3-4,9-11H2,1-2H3. The highest BCUT2D eigenvalue weighted by molar-refractivity contribution is 5.29. The summed E-state index contributed by atoms with van der Waals surface area (Å²) in [5.74, 6) is 0.832. The first-order valence-corrected chi connectivity index (χ1v) is 6.99. The van der Waals surface area contributed by atoms with Crippen LogP contribution in [-0.2, 0) is 4.74 Å². The average Bonchev–Trinajstić information content (AvgIpc) is 2.48. The summed E-state index contributed by atoms with van der Waals surface area (Å²) in [4.78, 5) is 2.30. The van der Waals surface area contributed by atoms with Crippen molar-refractivity contribution < 1.29 is 14.6 Å². The van der Waals surface area contributed by atoms with Crippen molar-refractivity contribution >= 4 is 0 Å². The van der Waals surface area contributed by atoms with Crippen LogP contribution >= 0.6 is 0 Å². The van der Waals surface area contributed by atoms with E-state index >= 15 is 0 Å². The van der Waals surface area contributed by atoms with Crippen LogP contribution in [0.4, 0.5) is 0 Å². The zero-order valence-corrected chi connectivity index (χ0v) is 11.7. The van der Waals surface area contributed by atoms with Crippen molar-refractivity contribution in [3.8, 4) is 5.75 Å². The van der Waals surface area contributed by atoms with E-state index in [1.54, 1.807) is 0 Å². The van der Waals surface area contributed by atoms with E-state index in [-0.39, 0.29) is 6.10 Å². The maximum Gasteiger partial charge on any atom is 0.119 e. The number of benzene rings is 1. The van der Waals surface area contributed by atoms with Gasteiger partial charge in [-0.3, -0.25) is 4.90 Å². The smallest absolute Gasteiger partial charge is 0.119 e. The molecule has 1 saturated heterocycles. The molecule has 1 aromatic carbocycles. The molecule has 0 aliphatic carbocycles. The van der Waals surface area contributed by atoms with Gasteiger partial charge in [0.15, 0.2) is 0 Å². The van der Waals surface area contributed by atoms with E-state index in [0.29, 0.717) is 13.2 Å². The largest absolute Gasteiger partial charge is 0.494 e. The van der Waals surface area contributed by atoms with Crippen molar-refractivity contribution in [2.24, 2.45) is 0 Å². The summed E-state index contributed by atoms with van der Waals surface area (Å²) in [5, 5.41) is 10.4. The van der Waals surface area contributed by atoms with E-state index in [1.165, 1.54) is 0 Å². The van der Waals surface area contributed by atoms with E-state index in [9.17, 15) is 5.11 Å². The fourth-order valence-corrected chi connectivity index (χ4v) is 2.35. The van der Waals surface area contributed by atoms with Gasteiger partial charge in [-0.25, -0.2) is 0 Å². The second kappa shape index (κ2) is 6.89. The fourth-order valence-electron chi connectivity index (χ4n) is 2.35. The summed E-state index contributed by atoms with van der Waals surface area (Å²) in [6.07, 6.45) is -0.725. The maximum atomic E-state index is 10.4. The van der Waals surface area contributed by atoms with Gasteiger partial charge >= 0.3 is 0 Å². The first kappa shape index (κ1) is 14.3. The molecule has 4 nitrogen and oxygen atoms in total. The molecule has 1 N–H and O–H groups in total. The number of ether oxygens (including phenoxy) is 2. The maximum absolute atomic E-state index is 10.4. The van der Waals surface area contributed by atoms with Crippen LogP contribution < -0.4 is 4.74 Å². The molecule has 0 saturated carbocycles. The molecule has 2 rings (SSSR count). The minimum absolute atomic E-state index is 0.147. The Morgan fingerprint density at radius 3 is 2.74 bits per heavy atom. The molecule has 106 valence electrons. The van der Waals surface area contributed by atoms with Crippen LogP contribution in [0.2, 0.25) is 0 Å². The lowest BCUT2D eigenvalue weighted by atomic mass is 10.0. The highest BCUT2D eigenvalue weighted by Crippen LogP contribution is 2.24. The molecule has 1 fully saturated rings. The topological polar surface area (TPSA) is 41.9 Å². The van der Waals surface area contributed by atoms with Crippen LogP contribution in [0.5, 0.6) is 5.75 Å². The second-order valence-corrected chi connectivity index (χ2v) is 4.75. The first-order valence-electron chi connectivity index (χ1n) is 6.99. The lowest BCUT2D eigenvalue weighted by molar-refractivity contribution is -0.0888. The molecule has 0 amide bonds. The quantitative estimate of drug-likeness (QED) is 0.882. The molecule has 0 radical (unpaired) electrons. The molecule has 0 spiro atoms. The summed E-state index contributed by atoms with van der Waals surface area (Å²) in [7, 11) is 0. The minimum atomic E-state index is -0.579. The molecular weight excluding hydrogens is 242 g/mol. The molecule has 2 atom stereocenters. The minimum Gasteiger partial charge on any atom is -0.494 e. The van der Waals surface area contributed by atoms with Gasteiger partial charge in [-0.2, -0.15) is 0 Å². The first-order chi connectivity index (χ1) is 9.24. The van der Waals surface area contributed by atoms with E-state index in [1.807, 2.05) is 31.2 Å². The van der Waals surface area contributed by atoms with E-state index in [0.717, 1.165) is 30.9 Å². The molecule has 4 heteroatoms. The Bertz CT molecular complexity index is 379. The third-order valence-corrected chi connectivity index (χ3v) is 3.51. The molecule has 1 heterocycles. The summed E-state index contributed by atoms with van der Waals surface area (Å²) in [6, 6.07) is 7.60. The van der Waals surface area contributed by atoms with Gasteiger partial charge in [0.1, 0.15) is 18.0 Å². The molecule has 2 unspecified atom stereocenters. The molecule has 1 aromatic rings. The van der Waals surface area contributed by atoms with Gasteiger partial charge in [-0.05, 0) is 31.2 Å². The normalized spacial score (nSPS) is 22.2. The number of aliphatic hydroxyl groups is 1. The number of aliphatic hydroxyl groups excluding tert-OH is 1. The Morgan fingerprint density at radius 2 is 2.11 bits per heavy atom. The Morgan fingerprint density at radius 1 is 1.37 bits per heavy atom. The molecule has 0 bridgehead atoms. The van der Waals surface area contributed by atoms with Gasteiger partial charge < -0.3 is 14.6 Å².